The van der Waals surface area contributed by atoms with Gasteiger partial charge in [0.05, 0.1) is 18.2 Å². The van der Waals surface area contributed by atoms with E-state index < -0.39 is 0 Å². The van der Waals surface area contributed by atoms with Crippen molar-refractivity contribution in [2.75, 3.05) is 0 Å². The fourth-order valence-corrected chi connectivity index (χ4v) is 3.67. The van der Waals surface area contributed by atoms with Gasteiger partial charge in [0, 0.05) is 24.2 Å². The molecular formula is C17H16FN3O. The zero-order chi connectivity index (χ0) is 15.1. The van der Waals surface area contributed by atoms with Crippen molar-refractivity contribution >= 4 is 5.91 Å². The maximum Gasteiger partial charge on any atom is 0.227 e. The Balaban J connectivity index is 1.58. The van der Waals surface area contributed by atoms with E-state index in [1.165, 1.54) is 12.1 Å². The van der Waals surface area contributed by atoms with Crippen LogP contribution in [0.3, 0.4) is 0 Å². The van der Waals surface area contributed by atoms with Gasteiger partial charge in [-0.1, -0.05) is 12.1 Å². The van der Waals surface area contributed by atoms with Gasteiger partial charge in [-0.2, -0.15) is 0 Å². The molecule has 0 saturated carbocycles. The summed E-state index contributed by atoms with van der Waals surface area (Å²) in [6, 6.07) is 6.49. The Morgan fingerprint density at radius 2 is 2.09 bits per heavy atom. The maximum atomic E-state index is 13.0. The van der Waals surface area contributed by atoms with Gasteiger partial charge < -0.3 is 4.90 Å². The average molecular weight is 297 g/mol. The standard InChI is InChI=1S/C17H16FN3O/c18-12-3-1-11(2-4-12)7-17(22)21-13-5-6-16(21)14-9-19-10-20-15(14)8-13/h1-4,9-10,13,16H,5-8H2. The number of amides is 1. The van der Waals surface area contributed by atoms with Crippen molar-refractivity contribution in [1.29, 1.82) is 0 Å². The van der Waals surface area contributed by atoms with Crippen LogP contribution in [0.15, 0.2) is 36.8 Å². The predicted molar refractivity (Wildman–Crippen MR) is 78.4 cm³/mol. The van der Waals surface area contributed by atoms with Crippen molar-refractivity contribution in [3.63, 3.8) is 0 Å². The molecule has 1 saturated heterocycles. The number of halogens is 1. The highest BCUT2D eigenvalue weighted by atomic mass is 19.1. The predicted octanol–water partition coefficient (Wildman–Crippen LogP) is 2.45. The number of carbonyl (C=O) groups excluding carboxylic acids is 1. The molecular weight excluding hydrogens is 281 g/mol. The molecule has 2 aliphatic heterocycles. The van der Waals surface area contributed by atoms with E-state index in [0.717, 1.165) is 36.1 Å². The molecule has 3 heterocycles. The van der Waals surface area contributed by atoms with E-state index >= 15 is 0 Å². The molecule has 1 fully saturated rings. The second-order valence-electron chi connectivity index (χ2n) is 5.98. The number of aromatic nitrogens is 2. The van der Waals surface area contributed by atoms with Gasteiger partial charge in [-0.3, -0.25) is 4.79 Å². The van der Waals surface area contributed by atoms with Gasteiger partial charge in [0.15, 0.2) is 0 Å². The van der Waals surface area contributed by atoms with Gasteiger partial charge in [0.1, 0.15) is 12.1 Å². The SMILES string of the molecule is O=C(Cc1ccc(F)cc1)N1C2CCC1c1cncnc1C2. The van der Waals surface area contributed by atoms with Crippen LogP contribution in [-0.2, 0) is 17.6 Å². The largest absolute Gasteiger partial charge is 0.332 e. The molecule has 5 heteroatoms. The topological polar surface area (TPSA) is 46.1 Å². The Hall–Kier alpha value is -2.30. The lowest BCUT2D eigenvalue weighted by Gasteiger charge is -2.35. The molecule has 2 aromatic rings. The van der Waals surface area contributed by atoms with Crippen LogP contribution in [0.25, 0.3) is 0 Å². The summed E-state index contributed by atoms with van der Waals surface area (Å²) in [7, 11) is 0. The Bertz CT molecular complexity index is 716. The molecule has 1 aromatic carbocycles. The highest BCUT2D eigenvalue weighted by Gasteiger charge is 2.42. The summed E-state index contributed by atoms with van der Waals surface area (Å²) >= 11 is 0. The van der Waals surface area contributed by atoms with Crippen LogP contribution in [0.5, 0.6) is 0 Å². The van der Waals surface area contributed by atoms with E-state index in [1.54, 1.807) is 18.5 Å². The quantitative estimate of drug-likeness (QED) is 0.855. The summed E-state index contributed by atoms with van der Waals surface area (Å²) in [6.45, 7) is 0. The Morgan fingerprint density at radius 3 is 2.91 bits per heavy atom. The lowest BCUT2D eigenvalue weighted by Crippen LogP contribution is -2.43. The van der Waals surface area contributed by atoms with Gasteiger partial charge >= 0.3 is 0 Å². The third-order valence-corrected chi connectivity index (χ3v) is 4.67. The van der Waals surface area contributed by atoms with Crippen molar-refractivity contribution < 1.29 is 9.18 Å². The van der Waals surface area contributed by atoms with Crippen LogP contribution in [0.2, 0.25) is 0 Å². The first-order chi connectivity index (χ1) is 10.7. The second kappa shape index (κ2) is 5.16. The number of hydrogen-bond acceptors (Lipinski definition) is 3. The van der Waals surface area contributed by atoms with Crippen molar-refractivity contribution in [1.82, 2.24) is 14.9 Å². The first-order valence-corrected chi connectivity index (χ1v) is 7.57. The molecule has 22 heavy (non-hydrogen) atoms. The zero-order valence-corrected chi connectivity index (χ0v) is 12.1. The van der Waals surface area contributed by atoms with Crippen LogP contribution < -0.4 is 0 Å². The molecule has 2 aliphatic rings. The molecule has 0 radical (unpaired) electrons. The minimum atomic E-state index is -0.277. The minimum Gasteiger partial charge on any atom is -0.332 e. The minimum absolute atomic E-state index is 0.0999. The molecule has 0 aliphatic carbocycles. The summed E-state index contributed by atoms with van der Waals surface area (Å²) in [4.78, 5) is 23.2. The Labute approximate surface area is 128 Å². The maximum absolute atomic E-state index is 13.0. The van der Waals surface area contributed by atoms with Crippen LogP contribution in [0.1, 0.15) is 35.7 Å². The van der Waals surface area contributed by atoms with Crippen molar-refractivity contribution in [3.05, 3.63) is 59.4 Å². The van der Waals surface area contributed by atoms with E-state index in [4.69, 9.17) is 0 Å². The molecule has 2 bridgehead atoms. The fourth-order valence-electron chi connectivity index (χ4n) is 3.67. The third kappa shape index (κ3) is 2.17. The number of benzene rings is 1. The molecule has 0 spiro atoms. The van der Waals surface area contributed by atoms with Crippen LogP contribution in [-0.4, -0.2) is 26.8 Å². The lowest BCUT2D eigenvalue weighted by atomic mass is 9.98. The van der Waals surface area contributed by atoms with E-state index in [-0.39, 0.29) is 23.8 Å². The number of carbonyl (C=O) groups is 1. The van der Waals surface area contributed by atoms with E-state index in [9.17, 15) is 9.18 Å². The van der Waals surface area contributed by atoms with Gasteiger partial charge in [-0.05, 0) is 30.5 Å². The molecule has 2 atom stereocenters. The summed E-state index contributed by atoms with van der Waals surface area (Å²) < 4.78 is 13.0. The van der Waals surface area contributed by atoms with E-state index in [1.807, 2.05) is 11.1 Å². The zero-order valence-electron chi connectivity index (χ0n) is 12.1. The van der Waals surface area contributed by atoms with Crippen LogP contribution >= 0.6 is 0 Å². The average Bonchev–Trinajstić information content (AvgIpc) is 2.85. The van der Waals surface area contributed by atoms with Crippen LogP contribution in [0, 0.1) is 5.82 Å². The molecule has 0 N–H and O–H groups in total. The Morgan fingerprint density at radius 1 is 1.27 bits per heavy atom. The normalized spacial score (nSPS) is 22.5. The highest BCUT2D eigenvalue weighted by Crippen LogP contribution is 2.42. The number of rotatable bonds is 2. The van der Waals surface area contributed by atoms with E-state index in [2.05, 4.69) is 9.97 Å². The molecule has 112 valence electrons. The number of nitrogens with zero attached hydrogens (tertiary/aromatic N) is 3. The Kier molecular flexibility index (Phi) is 3.13. The van der Waals surface area contributed by atoms with Crippen molar-refractivity contribution in [2.45, 2.75) is 37.8 Å². The molecule has 1 aromatic heterocycles. The monoisotopic (exact) mass is 297 g/mol. The molecule has 2 unspecified atom stereocenters. The van der Waals surface area contributed by atoms with Gasteiger partial charge in [0.25, 0.3) is 0 Å². The second-order valence-corrected chi connectivity index (χ2v) is 5.98. The molecule has 4 nitrogen and oxygen atoms in total. The fraction of sp³-hybridized carbons (Fsp3) is 0.353. The first kappa shape index (κ1) is 13.4. The smallest absolute Gasteiger partial charge is 0.227 e. The summed E-state index contributed by atoms with van der Waals surface area (Å²) in [5.74, 6) is -0.172. The van der Waals surface area contributed by atoms with E-state index in [0.29, 0.717) is 6.42 Å². The van der Waals surface area contributed by atoms with Crippen LogP contribution in [0.4, 0.5) is 4.39 Å². The highest BCUT2D eigenvalue weighted by molar-refractivity contribution is 5.80. The summed E-state index contributed by atoms with van der Waals surface area (Å²) in [5, 5.41) is 0. The first-order valence-electron chi connectivity index (χ1n) is 7.57. The molecule has 4 rings (SSSR count). The van der Waals surface area contributed by atoms with Gasteiger partial charge in [-0.15, -0.1) is 0 Å². The lowest BCUT2D eigenvalue weighted by molar-refractivity contribution is -0.134. The third-order valence-electron chi connectivity index (χ3n) is 4.67. The summed E-state index contributed by atoms with van der Waals surface area (Å²) in [6.07, 6.45) is 6.52. The molecule has 1 amide bonds. The van der Waals surface area contributed by atoms with Crippen molar-refractivity contribution in [3.8, 4) is 0 Å². The number of fused-ring (bicyclic) bond motifs is 4. The summed E-state index contributed by atoms with van der Waals surface area (Å²) in [5.41, 5.74) is 3.01. The van der Waals surface area contributed by atoms with Gasteiger partial charge in [0.2, 0.25) is 5.91 Å². The van der Waals surface area contributed by atoms with Crippen molar-refractivity contribution in [2.24, 2.45) is 0 Å². The van der Waals surface area contributed by atoms with Gasteiger partial charge in [-0.25, -0.2) is 14.4 Å². The number of hydrogen-bond donors (Lipinski definition) is 0.